The van der Waals surface area contributed by atoms with Gasteiger partial charge in [0.1, 0.15) is 0 Å². The number of anilines is 1. The lowest BCUT2D eigenvalue weighted by atomic mass is 10.1. The van der Waals surface area contributed by atoms with E-state index in [2.05, 4.69) is 26.8 Å². The van der Waals surface area contributed by atoms with Gasteiger partial charge in [0.25, 0.3) is 0 Å². The second kappa shape index (κ2) is 6.88. The van der Waals surface area contributed by atoms with Crippen LogP contribution in [0.25, 0.3) is 0 Å². The molecule has 1 aromatic carbocycles. The first kappa shape index (κ1) is 16.3. The van der Waals surface area contributed by atoms with Gasteiger partial charge in [0.15, 0.2) is 5.76 Å². The van der Waals surface area contributed by atoms with Crippen molar-refractivity contribution in [2.24, 2.45) is 5.92 Å². The van der Waals surface area contributed by atoms with Crippen LogP contribution in [-0.2, 0) is 9.59 Å². The molecular weight excluding hydrogens is 378 g/mol. The van der Waals surface area contributed by atoms with Crippen molar-refractivity contribution in [3.05, 3.63) is 52.9 Å². The third kappa shape index (κ3) is 3.33. The van der Waals surface area contributed by atoms with Gasteiger partial charge in [0, 0.05) is 17.4 Å². The summed E-state index contributed by atoms with van der Waals surface area (Å²) in [5, 5.41) is 0. The standard InChI is InChI=1S/C16H14BrN3O4/c17-11-4-1-2-5-12(11)20-9-10(8-14(20)21)15(22)18-19-16(23)13-6-3-7-24-13/h1-7,10H,8-9H2,(H,18,22)(H,19,23). The van der Waals surface area contributed by atoms with Gasteiger partial charge in [-0.15, -0.1) is 0 Å². The minimum Gasteiger partial charge on any atom is -0.459 e. The third-order valence-corrected chi connectivity index (χ3v) is 4.35. The maximum atomic E-state index is 12.2. The smallest absolute Gasteiger partial charge is 0.305 e. The summed E-state index contributed by atoms with van der Waals surface area (Å²) in [4.78, 5) is 37.6. The Labute approximate surface area is 146 Å². The van der Waals surface area contributed by atoms with Gasteiger partial charge in [-0.25, -0.2) is 0 Å². The number of halogens is 1. The van der Waals surface area contributed by atoms with E-state index in [0.29, 0.717) is 0 Å². The summed E-state index contributed by atoms with van der Waals surface area (Å²) >= 11 is 3.40. The van der Waals surface area contributed by atoms with Gasteiger partial charge in [-0.2, -0.15) is 0 Å². The second-order valence-corrected chi connectivity index (χ2v) is 6.13. The topological polar surface area (TPSA) is 91.7 Å². The van der Waals surface area contributed by atoms with Crippen molar-refractivity contribution >= 4 is 39.3 Å². The van der Waals surface area contributed by atoms with Crippen LogP contribution in [0.5, 0.6) is 0 Å². The van der Waals surface area contributed by atoms with Gasteiger partial charge < -0.3 is 9.32 Å². The summed E-state index contributed by atoms with van der Waals surface area (Å²) in [7, 11) is 0. The zero-order valence-corrected chi connectivity index (χ0v) is 14.1. The molecular formula is C16H14BrN3O4. The van der Waals surface area contributed by atoms with E-state index in [1.165, 1.54) is 12.3 Å². The van der Waals surface area contributed by atoms with E-state index in [9.17, 15) is 14.4 Å². The monoisotopic (exact) mass is 391 g/mol. The summed E-state index contributed by atoms with van der Waals surface area (Å²) in [6, 6.07) is 10.4. The maximum absolute atomic E-state index is 12.2. The van der Waals surface area contributed by atoms with Crippen LogP contribution in [0, 0.1) is 5.92 Å². The molecule has 0 radical (unpaired) electrons. The fourth-order valence-corrected chi connectivity index (χ4v) is 2.98. The highest BCUT2D eigenvalue weighted by Crippen LogP contribution is 2.31. The van der Waals surface area contributed by atoms with Gasteiger partial charge in [0.2, 0.25) is 11.8 Å². The molecule has 0 spiro atoms. The van der Waals surface area contributed by atoms with Crippen LogP contribution in [0.3, 0.4) is 0 Å². The summed E-state index contributed by atoms with van der Waals surface area (Å²) in [5.41, 5.74) is 5.32. The number of hydrogen-bond acceptors (Lipinski definition) is 4. The van der Waals surface area contributed by atoms with Crippen molar-refractivity contribution in [2.75, 3.05) is 11.4 Å². The first-order valence-electron chi connectivity index (χ1n) is 7.25. The lowest BCUT2D eigenvalue weighted by Crippen LogP contribution is -2.45. The van der Waals surface area contributed by atoms with Crippen molar-refractivity contribution < 1.29 is 18.8 Å². The van der Waals surface area contributed by atoms with E-state index in [-0.39, 0.29) is 24.6 Å². The molecule has 3 amide bonds. The zero-order valence-electron chi connectivity index (χ0n) is 12.5. The molecule has 1 aromatic heterocycles. The Hall–Kier alpha value is -2.61. The average Bonchev–Trinajstić information content (AvgIpc) is 3.23. The number of benzene rings is 1. The van der Waals surface area contributed by atoms with Crippen LogP contribution in [0.4, 0.5) is 5.69 Å². The third-order valence-electron chi connectivity index (χ3n) is 3.68. The van der Waals surface area contributed by atoms with E-state index in [4.69, 9.17) is 4.42 Å². The molecule has 2 heterocycles. The SMILES string of the molecule is O=C(NNC(=O)C1CC(=O)N(c2ccccc2Br)C1)c1ccco1. The number of carbonyl (C=O) groups excluding carboxylic acids is 3. The fourth-order valence-electron chi connectivity index (χ4n) is 2.48. The van der Waals surface area contributed by atoms with E-state index in [0.717, 1.165) is 10.2 Å². The van der Waals surface area contributed by atoms with Crippen molar-refractivity contribution in [3.63, 3.8) is 0 Å². The van der Waals surface area contributed by atoms with Crippen LogP contribution in [0.2, 0.25) is 0 Å². The van der Waals surface area contributed by atoms with E-state index in [1.54, 1.807) is 17.0 Å². The van der Waals surface area contributed by atoms with Gasteiger partial charge in [-0.1, -0.05) is 12.1 Å². The fraction of sp³-hybridized carbons (Fsp3) is 0.188. The Morgan fingerprint density at radius 3 is 2.67 bits per heavy atom. The van der Waals surface area contributed by atoms with Crippen LogP contribution in [-0.4, -0.2) is 24.3 Å². The highest BCUT2D eigenvalue weighted by Gasteiger charge is 2.36. The van der Waals surface area contributed by atoms with E-state index in [1.807, 2.05) is 18.2 Å². The summed E-state index contributed by atoms with van der Waals surface area (Å²) < 4.78 is 5.71. The molecule has 8 heteroatoms. The minimum absolute atomic E-state index is 0.0871. The van der Waals surface area contributed by atoms with Crippen LogP contribution >= 0.6 is 15.9 Å². The minimum atomic E-state index is -0.555. The molecule has 2 N–H and O–H groups in total. The first-order valence-corrected chi connectivity index (χ1v) is 8.04. The molecule has 0 aliphatic carbocycles. The molecule has 2 aromatic rings. The molecule has 124 valence electrons. The number of hydrogen-bond donors (Lipinski definition) is 2. The van der Waals surface area contributed by atoms with Crippen LogP contribution in [0.15, 0.2) is 51.6 Å². The molecule has 7 nitrogen and oxygen atoms in total. The second-order valence-electron chi connectivity index (χ2n) is 5.28. The predicted octanol–water partition coefficient (Wildman–Crippen LogP) is 1.86. The number of rotatable bonds is 3. The summed E-state index contributed by atoms with van der Waals surface area (Å²) in [5.74, 6) is -1.56. The first-order chi connectivity index (χ1) is 11.6. The quantitative estimate of drug-likeness (QED) is 0.781. The van der Waals surface area contributed by atoms with E-state index >= 15 is 0 Å². The Morgan fingerprint density at radius 1 is 1.17 bits per heavy atom. The van der Waals surface area contributed by atoms with Crippen molar-refractivity contribution in [1.82, 2.24) is 10.9 Å². The number of carbonyl (C=O) groups is 3. The van der Waals surface area contributed by atoms with Crippen molar-refractivity contribution in [3.8, 4) is 0 Å². The Balaban J connectivity index is 1.60. The van der Waals surface area contributed by atoms with Gasteiger partial charge in [-0.3, -0.25) is 25.2 Å². The molecule has 0 saturated carbocycles. The molecule has 3 rings (SSSR count). The highest BCUT2D eigenvalue weighted by atomic mass is 79.9. The molecule has 1 atom stereocenters. The number of furan rings is 1. The Bertz CT molecular complexity index is 775. The van der Waals surface area contributed by atoms with Gasteiger partial charge >= 0.3 is 5.91 Å². The average molecular weight is 392 g/mol. The van der Waals surface area contributed by atoms with Crippen LogP contribution < -0.4 is 15.8 Å². The molecule has 0 bridgehead atoms. The normalized spacial score (nSPS) is 17.0. The molecule has 1 aliphatic heterocycles. The lowest BCUT2D eigenvalue weighted by molar-refractivity contribution is -0.126. The number of nitrogens with zero attached hydrogens (tertiary/aromatic N) is 1. The molecule has 1 unspecified atom stereocenters. The number of amides is 3. The highest BCUT2D eigenvalue weighted by molar-refractivity contribution is 9.10. The number of para-hydroxylation sites is 1. The molecule has 1 aliphatic rings. The van der Waals surface area contributed by atoms with Crippen molar-refractivity contribution in [2.45, 2.75) is 6.42 Å². The van der Waals surface area contributed by atoms with E-state index < -0.39 is 17.7 Å². The Morgan fingerprint density at radius 2 is 1.96 bits per heavy atom. The van der Waals surface area contributed by atoms with Crippen LogP contribution in [0.1, 0.15) is 17.0 Å². The Kier molecular flexibility index (Phi) is 4.66. The summed E-state index contributed by atoms with van der Waals surface area (Å²) in [6.45, 7) is 0.254. The molecule has 1 saturated heterocycles. The summed E-state index contributed by atoms with van der Waals surface area (Å²) in [6.07, 6.45) is 1.45. The maximum Gasteiger partial charge on any atom is 0.305 e. The lowest BCUT2D eigenvalue weighted by Gasteiger charge is -2.18. The van der Waals surface area contributed by atoms with Gasteiger partial charge in [0.05, 0.1) is 17.9 Å². The zero-order chi connectivity index (χ0) is 17.1. The van der Waals surface area contributed by atoms with Gasteiger partial charge in [-0.05, 0) is 40.2 Å². The molecule has 24 heavy (non-hydrogen) atoms. The van der Waals surface area contributed by atoms with Crippen molar-refractivity contribution in [1.29, 1.82) is 0 Å². The molecule has 1 fully saturated rings. The largest absolute Gasteiger partial charge is 0.459 e. The predicted molar refractivity (Wildman–Crippen MR) is 88.9 cm³/mol. The number of nitrogens with one attached hydrogen (secondary N) is 2. The number of hydrazine groups is 1.